The third-order valence-electron chi connectivity index (χ3n) is 6.75. The highest BCUT2D eigenvalue weighted by atomic mass is 35.5. The number of hydrogen-bond acceptors (Lipinski definition) is 8. The summed E-state index contributed by atoms with van der Waals surface area (Å²) in [6.45, 7) is 7.22. The molecule has 0 saturated carbocycles. The van der Waals surface area contributed by atoms with Crippen LogP contribution in [0.5, 0.6) is 11.8 Å². The third-order valence-corrected chi connectivity index (χ3v) is 8.33. The van der Waals surface area contributed by atoms with Crippen molar-refractivity contribution in [2.75, 3.05) is 11.1 Å². The van der Waals surface area contributed by atoms with Crippen molar-refractivity contribution in [1.82, 2.24) is 24.7 Å². The fraction of sp³-hybridized carbons (Fsp3) is 0.0938. The first kappa shape index (κ1) is 28.1. The van der Waals surface area contributed by atoms with Crippen molar-refractivity contribution in [2.45, 2.75) is 13.8 Å². The van der Waals surface area contributed by atoms with Crippen molar-refractivity contribution in [1.29, 1.82) is 0 Å². The molecule has 214 valence electrons. The number of anilines is 2. The van der Waals surface area contributed by atoms with Gasteiger partial charge in [0.1, 0.15) is 11.6 Å². The summed E-state index contributed by atoms with van der Waals surface area (Å²) in [6.07, 6.45) is 7.19. The molecule has 0 spiro atoms. The highest BCUT2D eigenvalue weighted by Gasteiger charge is 2.23. The number of fused-ring (bicyclic) bond motifs is 1. The second-order valence-electron chi connectivity index (χ2n) is 10.0. The second-order valence-corrected chi connectivity index (χ2v) is 11.4. The van der Waals surface area contributed by atoms with E-state index in [0.717, 1.165) is 48.5 Å². The molecule has 6 aromatic rings. The lowest BCUT2D eigenvalue weighted by atomic mass is 9.97. The van der Waals surface area contributed by atoms with Crippen LogP contribution in [0.25, 0.3) is 42.8 Å². The Balaban J connectivity index is 1.50. The molecule has 43 heavy (non-hydrogen) atoms. The summed E-state index contributed by atoms with van der Waals surface area (Å²) >= 11 is 8.27. The Hall–Kier alpha value is -5.06. The normalized spacial score (nSPS) is 11.1. The number of nitrogens with zero attached hydrogens (tertiary/aromatic N) is 5. The van der Waals surface area contributed by atoms with Gasteiger partial charge >= 0.3 is 6.01 Å². The summed E-state index contributed by atoms with van der Waals surface area (Å²) < 4.78 is 8.61. The van der Waals surface area contributed by atoms with Gasteiger partial charge in [-0.05, 0) is 55.3 Å². The van der Waals surface area contributed by atoms with E-state index in [0.29, 0.717) is 27.9 Å². The van der Waals surface area contributed by atoms with Crippen molar-refractivity contribution >= 4 is 50.4 Å². The van der Waals surface area contributed by atoms with Gasteiger partial charge in [-0.3, -0.25) is 9.48 Å². The number of carbonyl (C=O) groups excluding carboxylic acids is 1. The van der Waals surface area contributed by atoms with E-state index in [9.17, 15) is 4.79 Å². The number of amides is 1. The summed E-state index contributed by atoms with van der Waals surface area (Å²) in [5.74, 6) is 0.707. The number of aryl methyl sites for hydroxylation is 2. The van der Waals surface area contributed by atoms with E-state index in [4.69, 9.17) is 22.1 Å². The van der Waals surface area contributed by atoms with Crippen LogP contribution in [0.1, 0.15) is 12.6 Å². The number of thiophene rings is 1. The van der Waals surface area contributed by atoms with Gasteiger partial charge in [0.05, 0.1) is 16.9 Å². The molecule has 0 aliphatic carbocycles. The highest BCUT2D eigenvalue weighted by molar-refractivity contribution is 7.23. The van der Waals surface area contributed by atoms with Crippen LogP contribution in [0, 0.1) is 6.92 Å². The van der Waals surface area contributed by atoms with Crippen LogP contribution in [-0.4, -0.2) is 30.6 Å². The molecule has 3 N–H and O–H groups in total. The Morgan fingerprint density at radius 2 is 1.84 bits per heavy atom. The number of benzene rings is 2. The number of nitrogens with one attached hydrogen (secondary N) is 1. The van der Waals surface area contributed by atoms with E-state index in [-0.39, 0.29) is 11.9 Å². The molecule has 4 heterocycles. The number of hydrogen-bond donors (Lipinski definition) is 2. The molecule has 1 amide bonds. The number of ether oxygens (including phenoxy) is 1. The minimum atomic E-state index is -0.296. The average Bonchev–Trinajstić information content (AvgIpc) is 3.59. The maximum Gasteiger partial charge on any atom is 0.322 e. The lowest BCUT2D eigenvalue weighted by Gasteiger charge is -2.11. The minimum Gasteiger partial charge on any atom is -0.424 e. The second kappa shape index (κ2) is 11.3. The van der Waals surface area contributed by atoms with Gasteiger partial charge in [0.15, 0.2) is 0 Å². The fourth-order valence-electron chi connectivity index (χ4n) is 4.62. The molecule has 0 aliphatic rings. The smallest absolute Gasteiger partial charge is 0.322 e. The topological polar surface area (TPSA) is 121 Å². The molecule has 4 aromatic heterocycles. The summed E-state index contributed by atoms with van der Waals surface area (Å²) in [5.41, 5.74) is 12.8. The first-order valence-electron chi connectivity index (χ1n) is 13.2. The first-order valence-corrected chi connectivity index (χ1v) is 14.4. The molecule has 9 nitrogen and oxygen atoms in total. The number of halogens is 1. The van der Waals surface area contributed by atoms with Gasteiger partial charge < -0.3 is 15.8 Å². The van der Waals surface area contributed by atoms with E-state index in [1.807, 2.05) is 62.6 Å². The van der Waals surface area contributed by atoms with Gasteiger partial charge in [0.2, 0.25) is 0 Å². The van der Waals surface area contributed by atoms with Gasteiger partial charge in [-0.25, -0.2) is 15.0 Å². The Morgan fingerprint density at radius 3 is 2.51 bits per heavy atom. The number of carbonyl (C=O) groups is 1. The Morgan fingerprint density at radius 1 is 1.07 bits per heavy atom. The quantitative estimate of drug-likeness (QED) is 0.179. The van der Waals surface area contributed by atoms with Gasteiger partial charge in [-0.15, -0.1) is 11.3 Å². The molecule has 0 radical (unpaired) electrons. The maximum atomic E-state index is 12.2. The number of pyridine rings is 1. The van der Waals surface area contributed by atoms with Gasteiger partial charge in [-0.1, -0.05) is 36.4 Å². The van der Waals surface area contributed by atoms with Crippen LogP contribution in [0.4, 0.5) is 11.5 Å². The molecular formula is C32H26ClN7O2S. The summed E-state index contributed by atoms with van der Waals surface area (Å²) in [5, 5.41) is 8.38. The van der Waals surface area contributed by atoms with Crippen LogP contribution in [-0.2, 0) is 11.8 Å². The Labute approximate surface area is 256 Å². The van der Waals surface area contributed by atoms with Crippen LogP contribution in [0.3, 0.4) is 0 Å². The van der Waals surface area contributed by atoms with Crippen LogP contribution in [0.2, 0.25) is 5.02 Å². The lowest BCUT2D eigenvalue weighted by molar-refractivity contribution is -0.112. The SMILES string of the molecule is C=C(C)C(=O)Nc1ccc(-c2sc3c(-c4cnn(C)c4)cnc(N)c3c2-c2ccc(Oc3nccc(C)n3)cc2)cc1Cl. The molecule has 0 aliphatic heterocycles. The minimum absolute atomic E-state index is 0.275. The van der Waals surface area contributed by atoms with Crippen molar-refractivity contribution in [2.24, 2.45) is 7.05 Å². The standard InChI is InChI=1S/C32H26ClN7O2S/c1-17(2)31(41)39-25-10-7-20(13-24(25)33)28-26(19-5-8-22(9-6-19)42-32-35-12-11-18(3)38-32)27-29(43-28)23(15-36-30(27)34)21-14-37-40(4)16-21/h5-16H,1H2,2-4H3,(H2,34,36)(H,39,41). The van der Waals surface area contributed by atoms with E-state index in [1.165, 1.54) is 0 Å². The zero-order valence-corrected chi connectivity index (χ0v) is 25.1. The molecule has 0 fully saturated rings. The van der Waals surface area contributed by atoms with E-state index >= 15 is 0 Å². The molecule has 0 unspecified atom stereocenters. The third kappa shape index (κ3) is 5.57. The molecule has 0 saturated heterocycles. The van der Waals surface area contributed by atoms with Gasteiger partial charge in [0, 0.05) is 68.6 Å². The van der Waals surface area contributed by atoms with Crippen LogP contribution < -0.4 is 15.8 Å². The van der Waals surface area contributed by atoms with Crippen molar-refractivity contribution in [3.63, 3.8) is 0 Å². The molecule has 0 bridgehead atoms. The first-order chi connectivity index (χ1) is 20.7. The molecular weight excluding hydrogens is 582 g/mol. The Kier molecular flexibility index (Phi) is 7.39. The van der Waals surface area contributed by atoms with Crippen LogP contribution >= 0.6 is 22.9 Å². The summed E-state index contributed by atoms with van der Waals surface area (Å²) in [6, 6.07) is 15.3. The molecule has 0 atom stereocenters. The van der Waals surface area contributed by atoms with E-state index in [2.05, 4.69) is 31.9 Å². The average molecular weight is 608 g/mol. The monoisotopic (exact) mass is 607 g/mol. The van der Waals surface area contributed by atoms with Crippen molar-refractivity contribution in [3.05, 3.63) is 96.2 Å². The van der Waals surface area contributed by atoms with Gasteiger partial charge in [0.25, 0.3) is 5.91 Å². The molecule has 11 heteroatoms. The lowest BCUT2D eigenvalue weighted by Crippen LogP contribution is -2.12. The Bertz CT molecular complexity index is 2030. The van der Waals surface area contributed by atoms with Gasteiger partial charge in [-0.2, -0.15) is 5.10 Å². The number of nitrogens with two attached hydrogens (primary N) is 1. The summed E-state index contributed by atoms with van der Waals surface area (Å²) in [4.78, 5) is 26.3. The molecule has 2 aromatic carbocycles. The van der Waals surface area contributed by atoms with Crippen molar-refractivity contribution in [3.8, 4) is 44.5 Å². The van der Waals surface area contributed by atoms with Crippen molar-refractivity contribution < 1.29 is 9.53 Å². The maximum absolute atomic E-state index is 12.2. The molecule has 6 rings (SSSR count). The number of aromatic nitrogens is 5. The largest absolute Gasteiger partial charge is 0.424 e. The number of nitrogen functional groups attached to an aromatic ring is 1. The highest BCUT2D eigenvalue weighted by Crippen LogP contribution is 2.50. The zero-order chi connectivity index (χ0) is 30.2. The predicted octanol–water partition coefficient (Wildman–Crippen LogP) is 7.67. The zero-order valence-electron chi connectivity index (χ0n) is 23.6. The van der Waals surface area contributed by atoms with E-state index in [1.54, 1.807) is 47.6 Å². The fourth-order valence-corrected chi connectivity index (χ4v) is 6.21. The van der Waals surface area contributed by atoms with E-state index < -0.39 is 0 Å². The predicted molar refractivity (Wildman–Crippen MR) is 172 cm³/mol. The summed E-state index contributed by atoms with van der Waals surface area (Å²) in [7, 11) is 1.87. The number of rotatable bonds is 7. The van der Waals surface area contributed by atoms with Crippen LogP contribution in [0.15, 0.2) is 85.5 Å².